The number of hydrogen-bond donors (Lipinski definition) is 1. The third-order valence-electron chi connectivity index (χ3n) is 4.61. The molecule has 1 nitrogen and oxygen atoms in total. The van der Waals surface area contributed by atoms with E-state index in [9.17, 15) is 0 Å². The second-order valence-electron chi connectivity index (χ2n) is 5.31. The lowest BCUT2D eigenvalue weighted by molar-refractivity contribution is 0.195. The van der Waals surface area contributed by atoms with Gasteiger partial charge in [0.1, 0.15) is 0 Å². The van der Waals surface area contributed by atoms with Crippen LogP contribution in [-0.2, 0) is 0 Å². The van der Waals surface area contributed by atoms with Gasteiger partial charge in [0.25, 0.3) is 0 Å². The quantitative estimate of drug-likeness (QED) is 0.732. The highest BCUT2D eigenvalue weighted by Gasteiger charge is 2.43. The average Bonchev–Trinajstić information content (AvgIpc) is 2.72. The second kappa shape index (κ2) is 4.65. The molecule has 0 bridgehead atoms. The summed E-state index contributed by atoms with van der Waals surface area (Å²) < 4.78 is 0. The second-order valence-corrected chi connectivity index (χ2v) is 5.31. The van der Waals surface area contributed by atoms with E-state index in [1.54, 1.807) is 0 Å². The minimum absolute atomic E-state index is 0.409. The summed E-state index contributed by atoms with van der Waals surface area (Å²) in [6, 6.07) is 0. The van der Waals surface area contributed by atoms with Crippen molar-refractivity contribution in [1.82, 2.24) is 0 Å². The standard InChI is InChI=1S/C13H24O/c1-2-3-10-4-5-11-6-7-12(8-9-14)13(10)11/h10-14H,2-9H2,1H3. The van der Waals surface area contributed by atoms with Crippen molar-refractivity contribution in [2.24, 2.45) is 23.7 Å². The van der Waals surface area contributed by atoms with Crippen LogP contribution in [0, 0.1) is 23.7 Å². The molecule has 0 saturated heterocycles. The summed E-state index contributed by atoms with van der Waals surface area (Å²) in [5, 5.41) is 9.06. The molecule has 0 aromatic heterocycles. The molecular formula is C13H24O. The van der Waals surface area contributed by atoms with E-state index < -0.39 is 0 Å². The molecule has 1 heteroatoms. The normalized spacial score (nSPS) is 41.6. The molecule has 2 aliphatic carbocycles. The zero-order valence-electron chi connectivity index (χ0n) is 9.41. The van der Waals surface area contributed by atoms with Crippen LogP contribution in [0.5, 0.6) is 0 Å². The van der Waals surface area contributed by atoms with Gasteiger partial charge in [0.05, 0.1) is 0 Å². The number of aliphatic hydroxyl groups is 1. The van der Waals surface area contributed by atoms with Gasteiger partial charge in [-0.1, -0.05) is 19.8 Å². The summed E-state index contributed by atoms with van der Waals surface area (Å²) in [6.45, 7) is 2.72. The Hall–Kier alpha value is -0.0400. The smallest absolute Gasteiger partial charge is 0.0433 e. The van der Waals surface area contributed by atoms with E-state index in [2.05, 4.69) is 6.92 Å². The van der Waals surface area contributed by atoms with E-state index in [1.165, 1.54) is 38.5 Å². The fourth-order valence-electron chi connectivity index (χ4n) is 4.14. The van der Waals surface area contributed by atoms with Gasteiger partial charge in [0.2, 0.25) is 0 Å². The van der Waals surface area contributed by atoms with Gasteiger partial charge >= 0.3 is 0 Å². The Bertz CT molecular complexity index is 156. The van der Waals surface area contributed by atoms with Crippen LogP contribution < -0.4 is 0 Å². The number of fused-ring (bicyclic) bond motifs is 1. The Labute approximate surface area is 87.9 Å². The molecule has 82 valence electrons. The maximum absolute atomic E-state index is 9.06. The first-order chi connectivity index (χ1) is 6.86. The molecule has 14 heavy (non-hydrogen) atoms. The fraction of sp³-hybridized carbons (Fsp3) is 1.00. The van der Waals surface area contributed by atoms with Gasteiger partial charge in [-0.3, -0.25) is 0 Å². The Kier molecular flexibility index (Phi) is 3.48. The Morgan fingerprint density at radius 2 is 1.64 bits per heavy atom. The van der Waals surface area contributed by atoms with Crippen LogP contribution in [0.2, 0.25) is 0 Å². The van der Waals surface area contributed by atoms with E-state index in [0.717, 1.165) is 30.1 Å². The molecule has 4 atom stereocenters. The summed E-state index contributed by atoms with van der Waals surface area (Å²) in [5.41, 5.74) is 0. The van der Waals surface area contributed by atoms with Crippen molar-refractivity contribution in [3.05, 3.63) is 0 Å². The lowest BCUT2D eigenvalue weighted by atomic mass is 9.81. The zero-order chi connectivity index (χ0) is 9.97. The van der Waals surface area contributed by atoms with Crippen LogP contribution in [0.1, 0.15) is 51.9 Å². The molecule has 0 aliphatic heterocycles. The molecule has 1 N–H and O–H groups in total. The number of aliphatic hydroxyl groups excluding tert-OH is 1. The third-order valence-corrected chi connectivity index (χ3v) is 4.61. The SMILES string of the molecule is CCCC1CCC2CCC(CCO)C12. The molecule has 2 aliphatic rings. The van der Waals surface area contributed by atoms with Gasteiger partial charge in [-0.15, -0.1) is 0 Å². The monoisotopic (exact) mass is 196 g/mol. The predicted molar refractivity (Wildman–Crippen MR) is 59.0 cm³/mol. The summed E-state index contributed by atoms with van der Waals surface area (Å²) in [5.74, 6) is 3.89. The molecule has 0 aromatic carbocycles. The van der Waals surface area contributed by atoms with Crippen molar-refractivity contribution in [1.29, 1.82) is 0 Å². The van der Waals surface area contributed by atoms with E-state index in [1.807, 2.05) is 0 Å². The van der Waals surface area contributed by atoms with Crippen molar-refractivity contribution in [2.45, 2.75) is 51.9 Å². The minimum atomic E-state index is 0.409. The maximum Gasteiger partial charge on any atom is 0.0433 e. The molecule has 0 spiro atoms. The molecule has 0 aromatic rings. The first-order valence-electron chi connectivity index (χ1n) is 6.47. The Balaban J connectivity index is 1.96. The summed E-state index contributed by atoms with van der Waals surface area (Å²) >= 11 is 0. The highest BCUT2D eigenvalue weighted by molar-refractivity contribution is 4.93. The molecule has 4 unspecified atom stereocenters. The number of rotatable bonds is 4. The molecular weight excluding hydrogens is 172 g/mol. The Morgan fingerprint density at radius 3 is 2.21 bits per heavy atom. The third kappa shape index (κ3) is 1.84. The molecule has 2 rings (SSSR count). The molecule has 2 saturated carbocycles. The predicted octanol–water partition coefficient (Wildman–Crippen LogP) is 3.22. The lowest BCUT2D eigenvalue weighted by Crippen LogP contribution is -2.18. The summed E-state index contributed by atoms with van der Waals surface area (Å²) in [7, 11) is 0. The van der Waals surface area contributed by atoms with Gasteiger partial charge in [0, 0.05) is 6.61 Å². The van der Waals surface area contributed by atoms with Crippen molar-refractivity contribution in [3.8, 4) is 0 Å². The van der Waals surface area contributed by atoms with Crippen LogP contribution in [0.15, 0.2) is 0 Å². The van der Waals surface area contributed by atoms with E-state index >= 15 is 0 Å². The highest BCUT2D eigenvalue weighted by Crippen LogP contribution is 2.52. The van der Waals surface area contributed by atoms with Crippen molar-refractivity contribution < 1.29 is 5.11 Å². The summed E-state index contributed by atoms with van der Waals surface area (Å²) in [6.07, 6.45) is 9.66. The van der Waals surface area contributed by atoms with Gasteiger partial charge in [-0.2, -0.15) is 0 Å². The molecule has 0 radical (unpaired) electrons. The zero-order valence-corrected chi connectivity index (χ0v) is 9.41. The van der Waals surface area contributed by atoms with Gasteiger partial charge in [-0.05, 0) is 55.8 Å². The maximum atomic E-state index is 9.06. The van der Waals surface area contributed by atoms with Gasteiger partial charge < -0.3 is 5.11 Å². The van der Waals surface area contributed by atoms with Crippen LogP contribution in [-0.4, -0.2) is 11.7 Å². The van der Waals surface area contributed by atoms with Crippen molar-refractivity contribution in [3.63, 3.8) is 0 Å². The molecule has 2 fully saturated rings. The topological polar surface area (TPSA) is 20.2 Å². The molecule has 0 amide bonds. The van der Waals surface area contributed by atoms with Crippen LogP contribution in [0.4, 0.5) is 0 Å². The van der Waals surface area contributed by atoms with Crippen LogP contribution in [0.25, 0.3) is 0 Å². The first kappa shape index (κ1) is 10.5. The highest BCUT2D eigenvalue weighted by atomic mass is 16.3. The molecule has 0 heterocycles. The largest absolute Gasteiger partial charge is 0.396 e. The van der Waals surface area contributed by atoms with E-state index in [4.69, 9.17) is 5.11 Å². The Morgan fingerprint density at radius 1 is 1.00 bits per heavy atom. The van der Waals surface area contributed by atoms with Gasteiger partial charge in [0.15, 0.2) is 0 Å². The fourth-order valence-corrected chi connectivity index (χ4v) is 4.14. The average molecular weight is 196 g/mol. The van der Waals surface area contributed by atoms with Crippen molar-refractivity contribution >= 4 is 0 Å². The van der Waals surface area contributed by atoms with Gasteiger partial charge in [-0.25, -0.2) is 0 Å². The lowest BCUT2D eigenvalue weighted by Gasteiger charge is -2.25. The summed E-state index contributed by atoms with van der Waals surface area (Å²) in [4.78, 5) is 0. The van der Waals surface area contributed by atoms with E-state index in [0.29, 0.717) is 6.61 Å². The van der Waals surface area contributed by atoms with Crippen LogP contribution in [0.3, 0.4) is 0 Å². The van der Waals surface area contributed by atoms with Crippen LogP contribution >= 0.6 is 0 Å². The minimum Gasteiger partial charge on any atom is -0.396 e. The van der Waals surface area contributed by atoms with Crippen molar-refractivity contribution in [2.75, 3.05) is 6.61 Å². The first-order valence-corrected chi connectivity index (χ1v) is 6.47. The van der Waals surface area contributed by atoms with E-state index in [-0.39, 0.29) is 0 Å². The number of hydrogen-bond acceptors (Lipinski definition) is 1.